The molecule has 3 N–H and O–H groups in total. The van der Waals surface area contributed by atoms with Crippen LogP contribution in [0.4, 0.5) is 10.1 Å². The molecule has 2 amide bonds. The van der Waals surface area contributed by atoms with E-state index in [0.29, 0.717) is 34.6 Å². The van der Waals surface area contributed by atoms with E-state index in [1.54, 1.807) is 19.2 Å². The van der Waals surface area contributed by atoms with Crippen LogP contribution in [0.3, 0.4) is 0 Å². The lowest BCUT2D eigenvalue weighted by atomic mass is 10.0. The summed E-state index contributed by atoms with van der Waals surface area (Å²) in [5, 5.41) is 6.36. The summed E-state index contributed by atoms with van der Waals surface area (Å²) in [6, 6.07) is 4.33. The molecular formula is C24H30FN5O2. The Hall–Kier alpha value is -2.97. The van der Waals surface area contributed by atoms with Gasteiger partial charge in [0, 0.05) is 56.7 Å². The highest BCUT2D eigenvalue weighted by Gasteiger charge is 2.30. The summed E-state index contributed by atoms with van der Waals surface area (Å²) in [6.07, 6.45) is 2.61. The maximum absolute atomic E-state index is 13.8. The molecule has 1 fully saturated rings. The van der Waals surface area contributed by atoms with Gasteiger partial charge in [0.05, 0.1) is 16.8 Å². The van der Waals surface area contributed by atoms with E-state index in [2.05, 4.69) is 20.5 Å². The molecule has 1 saturated heterocycles. The van der Waals surface area contributed by atoms with Gasteiger partial charge in [-0.2, -0.15) is 0 Å². The summed E-state index contributed by atoms with van der Waals surface area (Å²) < 4.78 is 13.8. The van der Waals surface area contributed by atoms with E-state index in [0.717, 1.165) is 50.4 Å². The van der Waals surface area contributed by atoms with Gasteiger partial charge in [-0.1, -0.05) is 0 Å². The first kappa shape index (κ1) is 22.2. The minimum absolute atomic E-state index is 0.123. The van der Waals surface area contributed by atoms with Crippen LogP contribution in [-0.2, 0) is 4.79 Å². The van der Waals surface area contributed by atoms with Crippen molar-refractivity contribution in [1.82, 2.24) is 20.5 Å². The number of hydrogen-bond donors (Lipinski definition) is 3. The van der Waals surface area contributed by atoms with Crippen molar-refractivity contribution in [2.24, 2.45) is 0 Å². The molecule has 1 aromatic heterocycles. The van der Waals surface area contributed by atoms with Gasteiger partial charge < -0.3 is 25.4 Å². The summed E-state index contributed by atoms with van der Waals surface area (Å²) in [4.78, 5) is 32.7. The Balaban J connectivity index is 1.48. The van der Waals surface area contributed by atoms with Gasteiger partial charge in [0.15, 0.2) is 0 Å². The molecule has 4 rings (SSSR count). The minimum atomic E-state index is -0.391. The fourth-order valence-electron chi connectivity index (χ4n) is 4.49. The second kappa shape index (κ2) is 9.26. The highest BCUT2D eigenvalue weighted by atomic mass is 19.1. The van der Waals surface area contributed by atoms with Crippen molar-refractivity contribution in [3.05, 3.63) is 52.1 Å². The number of aromatic nitrogens is 1. The fraction of sp³-hybridized carbons (Fsp3) is 0.417. The molecule has 0 aliphatic carbocycles. The number of benzene rings is 1. The number of nitrogens with zero attached hydrogens (tertiary/aromatic N) is 2. The molecule has 0 saturated carbocycles. The monoisotopic (exact) mass is 439 g/mol. The molecule has 2 aliphatic heterocycles. The molecule has 8 heteroatoms. The van der Waals surface area contributed by atoms with Crippen molar-refractivity contribution in [3.8, 4) is 0 Å². The predicted octanol–water partition coefficient (Wildman–Crippen LogP) is 2.31. The number of nitrogens with one attached hydrogen (secondary N) is 3. The Morgan fingerprint density at radius 2 is 2.00 bits per heavy atom. The van der Waals surface area contributed by atoms with Crippen LogP contribution in [0.15, 0.2) is 18.2 Å². The number of piperazine rings is 1. The highest BCUT2D eigenvalue weighted by Crippen LogP contribution is 2.37. The smallest absolute Gasteiger partial charge is 0.258 e. The molecule has 0 atom stereocenters. The summed E-state index contributed by atoms with van der Waals surface area (Å²) in [6.45, 7) is 9.41. The molecule has 7 nitrogen and oxygen atoms in total. The van der Waals surface area contributed by atoms with Gasteiger partial charge in [-0.05, 0) is 56.7 Å². The SMILES string of the molecule is Cc1[nH]c(C=C2C(=O)N(C)c3ccc(F)cc32)c(C)c1C(=O)NCCCN1CCNCC1. The fourth-order valence-corrected chi connectivity index (χ4v) is 4.49. The number of aryl methyl sites for hydroxylation is 1. The van der Waals surface area contributed by atoms with Crippen molar-refractivity contribution < 1.29 is 14.0 Å². The van der Waals surface area contributed by atoms with Crippen LogP contribution in [0, 0.1) is 19.7 Å². The third-order valence-corrected chi connectivity index (χ3v) is 6.28. The molecular weight excluding hydrogens is 409 g/mol. The van der Waals surface area contributed by atoms with Crippen molar-refractivity contribution in [3.63, 3.8) is 0 Å². The van der Waals surface area contributed by atoms with Crippen LogP contribution in [0.5, 0.6) is 0 Å². The first-order valence-electron chi connectivity index (χ1n) is 11.1. The van der Waals surface area contributed by atoms with Gasteiger partial charge in [-0.15, -0.1) is 0 Å². The topological polar surface area (TPSA) is 80.5 Å². The van der Waals surface area contributed by atoms with Crippen molar-refractivity contribution in [2.75, 3.05) is 51.2 Å². The van der Waals surface area contributed by atoms with E-state index >= 15 is 0 Å². The molecule has 170 valence electrons. The maximum atomic E-state index is 13.8. The molecule has 2 aromatic rings. The van der Waals surface area contributed by atoms with E-state index < -0.39 is 5.82 Å². The number of hydrogen-bond acceptors (Lipinski definition) is 4. The van der Waals surface area contributed by atoms with E-state index in [9.17, 15) is 14.0 Å². The molecule has 0 radical (unpaired) electrons. The number of carbonyl (C=O) groups is 2. The number of carbonyl (C=O) groups excluding carboxylic acids is 2. The van der Waals surface area contributed by atoms with Crippen LogP contribution in [-0.4, -0.2) is 68.0 Å². The van der Waals surface area contributed by atoms with Crippen LogP contribution in [0.25, 0.3) is 11.6 Å². The molecule has 0 unspecified atom stereocenters. The number of anilines is 1. The van der Waals surface area contributed by atoms with Crippen molar-refractivity contribution >= 4 is 29.2 Å². The summed E-state index contributed by atoms with van der Waals surface area (Å²) in [7, 11) is 1.67. The molecule has 0 bridgehead atoms. The Morgan fingerprint density at radius 3 is 2.75 bits per heavy atom. The minimum Gasteiger partial charge on any atom is -0.358 e. The zero-order valence-corrected chi connectivity index (χ0v) is 18.8. The van der Waals surface area contributed by atoms with Crippen LogP contribution in [0.2, 0.25) is 0 Å². The number of rotatable bonds is 6. The number of H-pyrrole nitrogens is 1. The van der Waals surface area contributed by atoms with Gasteiger partial charge >= 0.3 is 0 Å². The van der Waals surface area contributed by atoms with E-state index in [-0.39, 0.29) is 11.8 Å². The predicted molar refractivity (Wildman–Crippen MR) is 124 cm³/mol. The van der Waals surface area contributed by atoms with Gasteiger partial charge in [-0.25, -0.2) is 4.39 Å². The van der Waals surface area contributed by atoms with Crippen molar-refractivity contribution in [1.29, 1.82) is 0 Å². The van der Waals surface area contributed by atoms with E-state index in [1.165, 1.54) is 17.0 Å². The molecule has 1 aromatic carbocycles. The first-order chi connectivity index (χ1) is 15.4. The Bertz CT molecular complexity index is 1070. The number of halogens is 1. The summed E-state index contributed by atoms with van der Waals surface area (Å²) >= 11 is 0. The van der Waals surface area contributed by atoms with Gasteiger partial charge in [-0.3, -0.25) is 9.59 Å². The number of aromatic amines is 1. The normalized spacial score (nSPS) is 17.8. The average Bonchev–Trinajstić information content (AvgIpc) is 3.19. The van der Waals surface area contributed by atoms with Crippen LogP contribution < -0.4 is 15.5 Å². The third kappa shape index (κ3) is 4.33. The Kier molecular flexibility index (Phi) is 6.43. The molecule has 3 heterocycles. The standard InChI is InChI=1S/C24H30FN5O2/c1-15-20(14-19-18-13-17(25)5-6-21(18)29(3)24(19)32)28-16(2)22(15)23(31)27-7-4-10-30-11-8-26-9-12-30/h5-6,13-14,26,28H,4,7-12H2,1-3H3,(H,27,31). The lowest BCUT2D eigenvalue weighted by Gasteiger charge is -2.27. The summed E-state index contributed by atoms with van der Waals surface area (Å²) in [5.74, 6) is -0.711. The second-order valence-electron chi connectivity index (χ2n) is 8.45. The maximum Gasteiger partial charge on any atom is 0.258 e. The van der Waals surface area contributed by atoms with Gasteiger partial charge in [0.2, 0.25) is 0 Å². The zero-order valence-electron chi connectivity index (χ0n) is 18.8. The van der Waals surface area contributed by atoms with Crippen molar-refractivity contribution in [2.45, 2.75) is 20.3 Å². The number of amides is 2. The quantitative estimate of drug-likeness (QED) is 0.477. The van der Waals surface area contributed by atoms with E-state index in [4.69, 9.17) is 0 Å². The molecule has 2 aliphatic rings. The average molecular weight is 440 g/mol. The lowest BCUT2D eigenvalue weighted by Crippen LogP contribution is -2.44. The zero-order chi connectivity index (χ0) is 22.8. The Morgan fingerprint density at radius 1 is 1.25 bits per heavy atom. The number of fused-ring (bicyclic) bond motifs is 1. The molecule has 0 spiro atoms. The first-order valence-corrected chi connectivity index (χ1v) is 11.1. The van der Waals surface area contributed by atoms with Crippen LogP contribution in [0.1, 0.15) is 39.3 Å². The number of likely N-dealkylation sites (N-methyl/N-ethyl adjacent to an activating group) is 1. The van der Waals surface area contributed by atoms with E-state index in [1.807, 2.05) is 13.8 Å². The van der Waals surface area contributed by atoms with Gasteiger partial charge in [0.1, 0.15) is 5.82 Å². The Labute approximate surface area is 187 Å². The largest absolute Gasteiger partial charge is 0.358 e. The third-order valence-electron chi connectivity index (χ3n) is 6.28. The van der Waals surface area contributed by atoms with Gasteiger partial charge in [0.25, 0.3) is 11.8 Å². The second-order valence-corrected chi connectivity index (χ2v) is 8.45. The molecule has 32 heavy (non-hydrogen) atoms. The lowest BCUT2D eigenvalue weighted by molar-refractivity contribution is -0.112. The highest BCUT2D eigenvalue weighted by molar-refractivity contribution is 6.35. The van der Waals surface area contributed by atoms with Crippen LogP contribution >= 0.6 is 0 Å². The summed E-state index contributed by atoms with van der Waals surface area (Å²) in [5.41, 5.74) is 4.44.